The highest BCUT2D eigenvalue weighted by Gasteiger charge is 2.15. The Morgan fingerprint density at radius 1 is 1.35 bits per heavy atom. The van der Waals surface area contributed by atoms with Gasteiger partial charge in [-0.25, -0.2) is 0 Å². The normalized spacial score (nSPS) is 12.5. The van der Waals surface area contributed by atoms with Gasteiger partial charge in [-0.05, 0) is 31.7 Å². The topological polar surface area (TPSA) is 43.8 Å². The van der Waals surface area contributed by atoms with Crippen molar-refractivity contribution in [1.29, 1.82) is 0 Å². The van der Waals surface area contributed by atoms with Gasteiger partial charge >= 0.3 is 0 Å². The van der Waals surface area contributed by atoms with Crippen LogP contribution in [0.2, 0.25) is 0 Å². The molecule has 1 N–H and O–H groups in total. The zero-order chi connectivity index (χ0) is 13.0. The lowest BCUT2D eigenvalue weighted by Gasteiger charge is -2.25. The van der Waals surface area contributed by atoms with E-state index in [4.69, 9.17) is 0 Å². The lowest BCUT2D eigenvalue weighted by Crippen LogP contribution is -2.35. The number of nitrogens with zero attached hydrogens (tertiary/aromatic N) is 2. The molecule has 1 amide bonds. The fourth-order valence-corrected chi connectivity index (χ4v) is 1.53. The van der Waals surface area contributed by atoms with Gasteiger partial charge in [0.25, 0.3) is 0 Å². The molecule has 0 saturated carbocycles. The molecular weight excluding hydrogens is 216 g/mol. The van der Waals surface area contributed by atoms with E-state index < -0.39 is 0 Å². The Balaban J connectivity index is 2.70. The third kappa shape index (κ3) is 3.75. The summed E-state index contributed by atoms with van der Waals surface area (Å²) in [5, 5.41) is 9.42. The molecule has 17 heavy (non-hydrogen) atoms. The van der Waals surface area contributed by atoms with Crippen molar-refractivity contribution in [1.82, 2.24) is 9.80 Å². The molecular formula is C13H20N2O2. The molecule has 1 aromatic carbocycles. The first-order valence-electron chi connectivity index (χ1n) is 5.61. The number of likely N-dealkylation sites (N-methyl/N-ethyl adjacent to an activating group) is 2. The SMILES string of the molecule is CC(c1cccc(O)c1)N(C)CC(=O)N(C)C. The Labute approximate surface area is 102 Å². The van der Waals surface area contributed by atoms with Gasteiger partial charge in [-0.15, -0.1) is 0 Å². The fourth-order valence-electron chi connectivity index (χ4n) is 1.53. The van der Waals surface area contributed by atoms with E-state index in [1.54, 1.807) is 31.1 Å². The zero-order valence-electron chi connectivity index (χ0n) is 10.8. The number of carbonyl (C=O) groups excluding carboxylic acids is 1. The van der Waals surface area contributed by atoms with E-state index in [0.717, 1.165) is 5.56 Å². The van der Waals surface area contributed by atoms with Crippen LogP contribution in [-0.4, -0.2) is 48.5 Å². The van der Waals surface area contributed by atoms with E-state index in [2.05, 4.69) is 0 Å². The Morgan fingerprint density at radius 2 is 2.00 bits per heavy atom. The predicted octanol–water partition coefficient (Wildman–Crippen LogP) is 1.47. The van der Waals surface area contributed by atoms with Gasteiger partial charge in [0.05, 0.1) is 6.54 Å². The number of phenolic OH excluding ortho intramolecular Hbond substituents is 1. The van der Waals surface area contributed by atoms with Crippen LogP contribution in [0.4, 0.5) is 0 Å². The van der Waals surface area contributed by atoms with Crippen LogP contribution in [0.3, 0.4) is 0 Å². The highest BCUT2D eigenvalue weighted by Crippen LogP contribution is 2.21. The van der Waals surface area contributed by atoms with Crippen molar-refractivity contribution in [3.05, 3.63) is 29.8 Å². The third-order valence-electron chi connectivity index (χ3n) is 2.90. The first kappa shape index (κ1) is 13.5. The average molecular weight is 236 g/mol. The highest BCUT2D eigenvalue weighted by molar-refractivity contribution is 5.77. The summed E-state index contributed by atoms with van der Waals surface area (Å²) in [6.07, 6.45) is 0. The van der Waals surface area contributed by atoms with Crippen molar-refractivity contribution in [3.63, 3.8) is 0 Å². The van der Waals surface area contributed by atoms with E-state index in [0.29, 0.717) is 6.54 Å². The Morgan fingerprint density at radius 3 is 2.53 bits per heavy atom. The van der Waals surface area contributed by atoms with Crippen LogP contribution in [0, 0.1) is 0 Å². The molecule has 1 unspecified atom stereocenters. The van der Waals surface area contributed by atoms with Gasteiger partial charge in [0.1, 0.15) is 5.75 Å². The minimum atomic E-state index is 0.0690. The molecule has 0 saturated heterocycles. The lowest BCUT2D eigenvalue weighted by atomic mass is 10.1. The van der Waals surface area contributed by atoms with Crippen molar-refractivity contribution >= 4 is 5.91 Å². The van der Waals surface area contributed by atoms with Crippen LogP contribution in [0.1, 0.15) is 18.5 Å². The summed E-state index contributed by atoms with van der Waals surface area (Å²) in [5.74, 6) is 0.321. The Kier molecular flexibility index (Phi) is 4.52. The highest BCUT2D eigenvalue weighted by atomic mass is 16.3. The lowest BCUT2D eigenvalue weighted by molar-refractivity contribution is -0.130. The number of amides is 1. The zero-order valence-corrected chi connectivity index (χ0v) is 10.8. The van der Waals surface area contributed by atoms with Crippen molar-refractivity contribution < 1.29 is 9.90 Å². The van der Waals surface area contributed by atoms with Gasteiger partial charge in [0.2, 0.25) is 5.91 Å². The van der Waals surface area contributed by atoms with Crippen LogP contribution < -0.4 is 0 Å². The van der Waals surface area contributed by atoms with Crippen molar-refractivity contribution in [2.24, 2.45) is 0 Å². The Hall–Kier alpha value is -1.55. The van der Waals surface area contributed by atoms with E-state index in [9.17, 15) is 9.90 Å². The minimum absolute atomic E-state index is 0.0690. The fraction of sp³-hybridized carbons (Fsp3) is 0.462. The molecule has 0 spiro atoms. The van der Waals surface area contributed by atoms with Gasteiger partial charge < -0.3 is 10.0 Å². The first-order valence-corrected chi connectivity index (χ1v) is 5.61. The smallest absolute Gasteiger partial charge is 0.236 e. The molecule has 0 fully saturated rings. The van der Waals surface area contributed by atoms with E-state index in [-0.39, 0.29) is 17.7 Å². The summed E-state index contributed by atoms with van der Waals surface area (Å²) in [7, 11) is 5.39. The number of hydrogen-bond acceptors (Lipinski definition) is 3. The third-order valence-corrected chi connectivity index (χ3v) is 2.90. The molecule has 1 atom stereocenters. The quantitative estimate of drug-likeness (QED) is 0.861. The minimum Gasteiger partial charge on any atom is -0.508 e. The second-order valence-corrected chi connectivity index (χ2v) is 4.47. The largest absolute Gasteiger partial charge is 0.508 e. The maximum atomic E-state index is 11.6. The summed E-state index contributed by atoms with van der Waals surface area (Å²) >= 11 is 0. The van der Waals surface area contributed by atoms with Crippen LogP contribution in [0.5, 0.6) is 5.75 Å². The number of rotatable bonds is 4. The molecule has 0 radical (unpaired) electrons. The molecule has 0 aliphatic carbocycles. The van der Waals surface area contributed by atoms with Gasteiger partial charge in [-0.1, -0.05) is 12.1 Å². The molecule has 1 aromatic rings. The molecule has 4 nitrogen and oxygen atoms in total. The number of carbonyl (C=O) groups is 1. The first-order chi connectivity index (χ1) is 7.91. The van der Waals surface area contributed by atoms with Gasteiger partial charge in [0.15, 0.2) is 0 Å². The Bertz CT molecular complexity index is 391. The summed E-state index contributed by atoms with van der Waals surface area (Å²) < 4.78 is 0. The number of benzene rings is 1. The molecule has 0 aliphatic heterocycles. The van der Waals surface area contributed by atoms with Crippen LogP contribution >= 0.6 is 0 Å². The molecule has 0 aliphatic rings. The summed E-state index contributed by atoms with van der Waals surface area (Å²) in [6.45, 7) is 2.38. The van der Waals surface area contributed by atoms with Crippen molar-refractivity contribution in [2.75, 3.05) is 27.7 Å². The molecule has 1 rings (SSSR count). The molecule has 0 aromatic heterocycles. The van der Waals surface area contributed by atoms with Gasteiger partial charge in [-0.2, -0.15) is 0 Å². The number of aromatic hydroxyl groups is 1. The van der Waals surface area contributed by atoms with Crippen LogP contribution in [-0.2, 0) is 4.79 Å². The maximum absolute atomic E-state index is 11.6. The van der Waals surface area contributed by atoms with Crippen LogP contribution in [0.15, 0.2) is 24.3 Å². The molecule has 0 bridgehead atoms. The van der Waals surface area contributed by atoms with Crippen LogP contribution in [0.25, 0.3) is 0 Å². The second-order valence-electron chi connectivity index (χ2n) is 4.47. The number of phenols is 1. The van der Waals surface area contributed by atoms with Crippen molar-refractivity contribution in [2.45, 2.75) is 13.0 Å². The predicted molar refractivity (Wildman–Crippen MR) is 67.8 cm³/mol. The van der Waals surface area contributed by atoms with E-state index in [1.165, 1.54) is 0 Å². The van der Waals surface area contributed by atoms with Gasteiger partial charge in [0, 0.05) is 20.1 Å². The average Bonchev–Trinajstić information content (AvgIpc) is 2.27. The van der Waals surface area contributed by atoms with E-state index in [1.807, 2.05) is 31.0 Å². The molecule has 94 valence electrons. The standard InChI is InChI=1S/C13H20N2O2/c1-10(11-6-5-7-12(16)8-11)15(4)9-13(17)14(2)3/h5-8,10,16H,9H2,1-4H3. The van der Waals surface area contributed by atoms with E-state index >= 15 is 0 Å². The summed E-state index contributed by atoms with van der Waals surface area (Å²) in [4.78, 5) is 15.1. The monoisotopic (exact) mass is 236 g/mol. The van der Waals surface area contributed by atoms with Crippen molar-refractivity contribution in [3.8, 4) is 5.75 Å². The summed E-state index contributed by atoms with van der Waals surface area (Å²) in [5.41, 5.74) is 0.999. The molecule has 0 heterocycles. The van der Waals surface area contributed by atoms with Gasteiger partial charge in [-0.3, -0.25) is 9.69 Å². The second kappa shape index (κ2) is 5.68. The molecule has 4 heteroatoms. The summed E-state index contributed by atoms with van der Waals surface area (Å²) in [6, 6.07) is 7.21. The number of hydrogen-bond donors (Lipinski definition) is 1. The maximum Gasteiger partial charge on any atom is 0.236 e.